The van der Waals surface area contributed by atoms with Crippen molar-refractivity contribution in [1.82, 2.24) is 0 Å². The van der Waals surface area contributed by atoms with Crippen LogP contribution in [0.5, 0.6) is 0 Å². The smallest absolute Gasteiger partial charge is 0.236 e. The number of nitrogens with two attached hydrogens (primary N) is 2. The minimum absolute atomic E-state index is 0.0187. The Kier molecular flexibility index (Phi) is 2.85. The van der Waals surface area contributed by atoms with Crippen molar-refractivity contribution in [1.29, 1.82) is 0 Å². The topological polar surface area (TPSA) is 81.1 Å². The van der Waals surface area contributed by atoms with E-state index in [-0.39, 0.29) is 17.9 Å². The van der Waals surface area contributed by atoms with Crippen LogP contribution in [0.1, 0.15) is 0 Å². The van der Waals surface area contributed by atoms with Gasteiger partial charge in [0.25, 0.3) is 0 Å². The minimum Gasteiger partial charge on any atom is -0.397 e. The molecule has 0 fully saturated rings. The number of hydrogen-bond acceptors (Lipinski definition) is 3. The highest BCUT2D eigenvalue weighted by atomic mass is 19.2. The maximum absolute atomic E-state index is 13.0. The van der Waals surface area contributed by atoms with Gasteiger partial charge in [-0.2, -0.15) is 0 Å². The molecule has 6 heteroatoms. The molecule has 76 valence electrons. The Morgan fingerprint density at radius 1 is 1.43 bits per heavy atom. The Morgan fingerprint density at radius 2 is 2.07 bits per heavy atom. The van der Waals surface area contributed by atoms with Gasteiger partial charge < -0.3 is 16.8 Å². The molecule has 1 aromatic carbocycles. The lowest BCUT2D eigenvalue weighted by Gasteiger charge is -2.08. The molecule has 0 atom stereocenters. The maximum Gasteiger partial charge on any atom is 0.236 e. The summed E-state index contributed by atoms with van der Waals surface area (Å²) in [6.07, 6.45) is 0. The van der Waals surface area contributed by atoms with Crippen LogP contribution in [0.2, 0.25) is 0 Å². The van der Waals surface area contributed by atoms with Crippen molar-refractivity contribution in [3.05, 3.63) is 23.8 Å². The van der Waals surface area contributed by atoms with Crippen molar-refractivity contribution in [2.45, 2.75) is 0 Å². The second-order valence-corrected chi connectivity index (χ2v) is 2.65. The molecule has 0 aromatic heterocycles. The van der Waals surface area contributed by atoms with Gasteiger partial charge in [0.05, 0.1) is 17.9 Å². The van der Waals surface area contributed by atoms with E-state index in [1.165, 1.54) is 6.07 Å². The number of rotatable bonds is 3. The Hall–Kier alpha value is -1.85. The van der Waals surface area contributed by atoms with Crippen LogP contribution < -0.4 is 16.8 Å². The van der Waals surface area contributed by atoms with Crippen molar-refractivity contribution in [2.24, 2.45) is 5.73 Å². The van der Waals surface area contributed by atoms with Gasteiger partial charge in [-0.3, -0.25) is 4.79 Å². The van der Waals surface area contributed by atoms with E-state index in [1.54, 1.807) is 0 Å². The SMILES string of the molecule is NC(=O)CNc1c(N)ccc(F)c1F. The highest BCUT2D eigenvalue weighted by molar-refractivity contribution is 5.80. The van der Waals surface area contributed by atoms with E-state index in [0.717, 1.165) is 6.07 Å². The third-order valence-corrected chi connectivity index (χ3v) is 1.57. The lowest BCUT2D eigenvalue weighted by molar-refractivity contribution is -0.116. The van der Waals surface area contributed by atoms with Crippen LogP contribution in [0.3, 0.4) is 0 Å². The van der Waals surface area contributed by atoms with Crippen molar-refractivity contribution in [3.8, 4) is 0 Å². The average Bonchev–Trinajstić information content (AvgIpc) is 2.11. The molecule has 0 radical (unpaired) electrons. The molecule has 0 aliphatic carbocycles. The molecular weight excluding hydrogens is 192 g/mol. The number of carbonyl (C=O) groups is 1. The molecule has 14 heavy (non-hydrogen) atoms. The molecule has 1 rings (SSSR count). The summed E-state index contributed by atoms with van der Waals surface area (Å²) in [4.78, 5) is 10.4. The van der Waals surface area contributed by atoms with E-state index in [0.29, 0.717) is 0 Å². The van der Waals surface area contributed by atoms with E-state index in [2.05, 4.69) is 5.32 Å². The fourth-order valence-electron chi connectivity index (χ4n) is 0.921. The van der Waals surface area contributed by atoms with Crippen molar-refractivity contribution in [3.63, 3.8) is 0 Å². The minimum atomic E-state index is -1.12. The summed E-state index contributed by atoms with van der Waals surface area (Å²) < 4.78 is 25.7. The highest BCUT2D eigenvalue weighted by Crippen LogP contribution is 2.23. The number of amides is 1. The predicted octanol–water partition coefficient (Wildman–Crippen LogP) is 0.444. The summed E-state index contributed by atoms with van der Waals surface area (Å²) in [5, 5.41) is 2.31. The summed E-state index contributed by atoms with van der Waals surface area (Å²) in [6, 6.07) is 2.10. The summed E-state index contributed by atoms with van der Waals surface area (Å²) >= 11 is 0. The van der Waals surface area contributed by atoms with E-state index in [4.69, 9.17) is 11.5 Å². The number of anilines is 2. The Bertz CT molecular complexity index is 368. The quantitative estimate of drug-likeness (QED) is 0.621. The molecule has 4 nitrogen and oxygen atoms in total. The second-order valence-electron chi connectivity index (χ2n) is 2.65. The fourth-order valence-corrected chi connectivity index (χ4v) is 0.921. The molecule has 1 amide bonds. The lowest BCUT2D eigenvalue weighted by Crippen LogP contribution is -2.22. The molecule has 0 aliphatic rings. The van der Waals surface area contributed by atoms with Gasteiger partial charge >= 0.3 is 0 Å². The number of nitrogens with one attached hydrogen (secondary N) is 1. The van der Waals surface area contributed by atoms with Crippen molar-refractivity contribution < 1.29 is 13.6 Å². The zero-order valence-electron chi connectivity index (χ0n) is 7.18. The number of halogens is 2. The third kappa shape index (κ3) is 2.09. The summed E-state index contributed by atoms with van der Waals surface area (Å²) in [6.45, 7) is -0.301. The monoisotopic (exact) mass is 201 g/mol. The van der Waals surface area contributed by atoms with Gasteiger partial charge in [0.1, 0.15) is 0 Å². The number of carbonyl (C=O) groups excluding carboxylic acids is 1. The first-order chi connectivity index (χ1) is 6.52. The lowest BCUT2D eigenvalue weighted by atomic mass is 10.2. The Labute approximate surface area is 78.9 Å². The van der Waals surface area contributed by atoms with Crippen LogP contribution in [0, 0.1) is 11.6 Å². The largest absolute Gasteiger partial charge is 0.397 e. The van der Waals surface area contributed by atoms with E-state index < -0.39 is 17.5 Å². The third-order valence-electron chi connectivity index (χ3n) is 1.57. The first-order valence-electron chi connectivity index (χ1n) is 3.78. The molecule has 0 spiro atoms. The normalized spacial score (nSPS) is 9.86. The Morgan fingerprint density at radius 3 is 2.64 bits per heavy atom. The zero-order chi connectivity index (χ0) is 10.7. The molecule has 0 unspecified atom stereocenters. The van der Waals surface area contributed by atoms with Crippen molar-refractivity contribution >= 4 is 17.3 Å². The number of hydrogen-bond donors (Lipinski definition) is 3. The van der Waals surface area contributed by atoms with Crippen LogP contribution in [0.4, 0.5) is 20.2 Å². The van der Waals surface area contributed by atoms with Gasteiger partial charge in [0, 0.05) is 0 Å². The average molecular weight is 201 g/mol. The molecule has 0 saturated heterocycles. The molecule has 1 aromatic rings. The molecule has 0 aliphatic heterocycles. The van der Waals surface area contributed by atoms with Gasteiger partial charge in [-0.25, -0.2) is 8.78 Å². The summed E-state index contributed by atoms with van der Waals surface area (Å²) in [5.74, 6) is -2.84. The van der Waals surface area contributed by atoms with Crippen molar-refractivity contribution in [2.75, 3.05) is 17.6 Å². The molecule has 0 bridgehead atoms. The molecular formula is C8H9F2N3O. The predicted molar refractivity (Wildman–Crippen MR) is 48.5 cm³/mol. The van der Waals surface area contributed by atoms with Gasteiger partial charge in [0.2, 0.25) is 5.91 Å². The van der Waals surface area contributed by atoms with Crippen LogP contribution in [-0.4, -0.2) is 12.5 Å². The molecule has 0 heterocycles. The van der Waals surface area contributed by atoms with Crippen LogP contribution in [-0.2, 0) is 4.79 Å². The van der Waals surface area contributed by atoms with E-state index in [1.807, 2.05) is 0 Å². The van der Waals surface area contributed by atoms with Gasteiger partial charge in [-0.05, 0) is 12.1 Å². The molecule has 5 N–H and O–H groups in total. The number of nitrogen functional groups attached to an aromatic ring is 1. The van der Waals surface area contributed by atoms with E-state index in [9.17, 15) is 13.6 Å². The zero-order valence-corrected chi connectivity index (χ0v) is 7.18. The first-order valence-corrected chi connectivity index (χ1v) is 3.78. The fraction of sp³-hybridized carbons (Fsp3) is 0.125. The van der Waals surface area contributed by atoms with Gasteiger partial charge in [0.15, 0.2) is 11.6 Å². The van der Waals surface area contributed by atoms with E-state index >= 15 is 0 Å². The van der Waals surface area contributed by atoms with Gasteiger partial charge in [-0.15, -0.1) is 0 Å². The summed E-state index contributed by atoms with van der Waals surface area (Å²) in [5.41, 5.74) is 9.95. The molecule has 0 saturated carbocycles. The number of primary amides is 1. The first kappa shape index (κ1) is 10.2. The van der Waals surface area contributed by atoms with Crippen LogP contribution in [0.15, 0.2) is 12.1 Å². The highest BCUT2D eigenvalue weighted by Gasteiger charge is 2.11. The standard InChI is InChI=1S/C8H9F2N3O/c9-4-1-2-5(11)8(7(4)10)13-3-6(12)14/h1-2,13H,3,11H2,(H2,12,14). The number of benzene rings is 1. The van der Waals surface area contributed by atoms with Gasteiger partial charge in [-0.1, -0.05) is 0 Å². The maximum atomic E-state index is 13.0. The summed E-state index contributed by atoms with van der Waals surface area (Å²) in [7, 11) is 0. The Balaban J connectivity index is 2.95. The second kappa shape index (κ2) is 3.91. The van der Waals surface area contributed by atoms with Crippen LogP contribution in [0.25, 0.3) is 0 Å². The van der Waals surface area contributed by atoms with Crippen LogP contribution >= 0.6 is 0 Å².